The van der Waals surface area contributed by atoms with E-state index < -0.39 is 0 Å². The summed E-state index contributed by atoms with van der Waals surface area (Å²) in [5, 5.41) is 0. The van der Waals surface area contributed by atoms with Gasteiger partial charge in [0.1, 0.15) is 0 Å². The van der Waals surface area contributed by atoms with Crippen LogP contribution in [-0.4, -0.2) is 5.48 Å². The second-order valence-corrected chi connectivity index (χ2v) is 4.96. The molecule has 0 aliphatic heterocycles. The summed E-state index contributed by atoms with van der Waals surface area (Å²) in [6.45, 7) is 16.8. The third-order valence-corrected chi connectivity index (χ3v) is 2.98. The predicted octanol–water partition coefficient (Wildman–Crippen LogP) is 7.27. The number of hydrogen-bond acceptors (Lipinski definition) is 0. The first-order chi connectivity index (χ1) is 9.72. The molecule has 2 N–H and O–H groups in total. The van der Waals surface area contributed by atoms with E-state index >= 15 is 0 Å². The molecule has 0 fully saturated rings. The maximum absolute atomic E-state index is 4.00. The Labute approximate surface area is 136 Å². The molecule has 0 heterocycles. The summed E-state index contributed by atoms with van der Waals surface area (Å²) in [5.74, 6) is 0. The maximum Gasteiger partial charge on any atom is -0.0323 e. The second kappa shape index (κ2) is 31.7. The largest absolute Gasteiger partial charge is 0.412 e. The van der Waals surface area contributed by atoms with Gasteiger partial charge in [-0.05, 0) is 38.5 Å². The van der Waals surface area contributed by atoms with Crippen LogP contribution < -0.4 is 0 Å². The van der Waals surface area contributed by atoms with Crippen LogP contribution in [-0.2, 0) is 0 Å². The number of rotatable bonds is 10. The first-order valence-electron chi connectivity index (χ1n) is 9.04. The maximum atomic E-state index is 4.00. The van der Waals surface area contributed by atoms with Gasteiger partial charge in [-0.2, -0.15) is 0 Å². The summed E-state index contributed by atoms with van der Waals surface area (Å²) < 4.78 is 0. The van der Waals surface area contributed by atoms with Crippen LogP contribution >= 0.6 is 0 Å². The molecule has 0 rings (SSSR count). The average molecular weight is 301 g/mol. The molecular weight excluding hydrogens is 256 g/mol. The van der Waals surface area contributed by atoms with Gasteiger partial charge in [0.05, 0.1) is 0 Å². The van der Waals surface area contributed by atoms with E-state index in [-0.39, 0.29) is 5.48 Å². The highest BCUT2D eigenvalue weighted by atomic mass is 16.0. The van der Waals surface area contributed by atoms with Crippen LogP contribution in [0.1, 0.15) is 106 Å². The molecule has 0 saturated carbocycles. The second-order valence-electron chi connectivity index (χ2n) is 4.96. The molecule has 0 aliphatic carbocycles. The summed E-state index contributed by atoms with van der Waals surface area (Å²) in [5.41, 5.74) is 1.40. The van der Waals surface area contributed by atoms with Crippen LogP contribution in [0.15, 0.2) is 24.3 Å². The molecule has 0 atom stereocenters. The fraction of sp³-hybridized carbons (Fsp3) is 0.800. The molecule has 0 aliphatic rings. The Kier molecular flexibility index (Phi) is 43.1. The van der Waals surface area contributed by atoms with Crippen molar-refractivity contribution >= 4 is 0 Å². The van der Waals surface area contributed by atoms with Gasteiger partial charge in [0.2, 0.25) is 0 Å². The van der Waals surface area contributed by atoms with Gasteiger partial charge in [-0.1, -0.05) is 91.5 Å². The molecule has 0 amide bonds. The molecule has 0 spiro atoms. The quantitative estimate of drug-likeness (QED) is 0.300. The Bertz CT molecular complexity index is 180. The molecule has 1 nitrogen and oxygen atoms in total. The van der Waals surface area contributed by atoms with Gasteiger partial charge >= 0.3 is 0 Å². The van der Waals surface area contributed by atoms with Crippen molar-refractivity contribution in [2.24, 2.45) is 0 Å². The van der Waals surface area contributed by atoms with Gasteiger partial charge in [0.15, 0.2) is 0 Å². The van der Waals surface area contributed by atoms with Gasteiger partial charge in [0, 0.05) is 0 Å². The Morgan fingerprint density at radius 1 is 0.762 bits per heavy atom. The van der Waals surface area contributed by atoms with Crippen LogP contribution in [0.4, 0.5) is 0 Å². The molecule has 0 unspecified atom stereocenters. The van der Waals surface area contributed by atoms with Crippen molar-refractivity contribution in [2.45, 2.75) is 106 Å². The van der Waals surface area contributed by atoms with E-state index in [1.807, 2.05) is 13.8 Å². The first-order valence-corrected chi connectivity index (χ1v) is 9.04. The van der Waals surface area contributed by atoms with Gasteiger partial charge in [-0.15, -0.1) is 0 Å². The smallest absolute Gasteiger partial charge is 0.0323 e. The van der Waals surface area contributed by atoms with E-state index in [0.29, 0.717) is 0 Å². The van der Waals surface area contributed by atoms with Crippen LogP contribution in [0.3, 0.4) is 0 Å². The van der Waals surface area contributed by atoms with Crippen molar-refractivity contribution in [3.8, 4) is 0 Å². The number of allylic oxidation sites excluding steroid dienone is 3. The zero-order valence-corrected chi connectivity index (χ0v) is 15.9. The summed E-state index contributed by atoms with van der Waals surface area (Å²) in [4.78, 5) is 0. The monoisotopic (exact) mass is 300 g/mol. The van der Waals surface area contributed by atoms with Crippen molar-refractivity contribution in [1.82, 2.24) is 0 Å². The Balaban J connectivity index is -0.000000153. The molecule has 21 heavy (non-hydrogen) atoms. The average Bonchev–Trinajstić information content (AvgIpc) is 2.49. The minimum absolute atomic E-state index is 0. The zero-order chi connectivity index (χ0) is 16.1. The lowest BCUT2D eigenvalue weighted by atomic mass is 10.1. The van der Waals surface area contributed by atoms with Crippen LogP contribution in [0.2, 0.25) is 0 Å². The summed E-state index contributed by atoms with van der Waals surface area (Å²) in [6.07, 6.45) is 17.4. The third kappa shape index (κ3) is 38.2. The standard InChI is InChI=1S/C13H24.C5H12.C2H6.H2O/c1-4-6-7-8-9-10-11-12-13(3)5-2;1-3-5-4-2;1-2;/h7-8H,3-6,9-12H2,1-2H3;3-5H2,1-2H3;1-2H3;1H2/b8-7-;;;. The van der Waals surface area contributed by atoms with Gasteiger partial charge in [-0.3, -0.25) is 0 Å². The van der Waals surface area contributed by atoms with E-state index in [0.717, 1.165) is 6.42 Å². The highest BCUT2D eigenvalue weighted by Crippen LogP contribution is 2.10. The minimum Gasteiger partial charge on any atom is -0.412 e. The van der Waals surface area contributed by atoms with Crippen LogP contribution in [0.5, 0.6) is 0 Å². The SMILES string of the molecule is C=C(CC)CCCC/C=C\CCC.CC.CCCCC.O. The lowest BCUT2D eigenvalue weighted by Crippen LogP contribution is -1.79. The van der Waals surface area contributed by atoms with Crippen molar-refractivity contribution in [1.29, 1.82) is 0 Å². The summed E-state index contributed by atoms with van der Waals surface area (Å²) >= 11 is 0. The first kappa shape index (κ1) is 28.6. The molecule has 0 aromatic carbocycles. The van der Waals surface area contributed by atoms with Gasteiger partial charge in [-0.25, -0.2) is 0 Å². The molecule has 1 heteroatoms. The fourth-order valence-corrected chi connectivity index (χ4v) is 1.57. The van der Waals surface area contributed by atoms with Gasteiger partial charge < -0.3 is 5.48 Å². The zero-order valence-electron chi connectivity index (χ0n) is 15.9. The number of hydrogen-bond donors (Lipinski definition) is 0. The van der Waals surface area contributed by atoms with Crippen LogP contribution in [0.25, 0.3) is 0 Å². The van der Waals surface area contributed by atoms with Crippen molar-refractivity contribution in [3.63, 3.8) is 0 Å². The summed E-state index contributed by atoms with van der Waals surface area (Å²) in [7, 11) is 0. The highest BCUT2D eigenvalue weighted by Gasteiger charge is 1.90. The molecule has 130 valence electrons. The van der Waals surface area contributed by atoms with E-state index in [1.165, 1.54) is 63.4 Å². The van der Waals surface area contributed by atoms with Crippen molar-refractivity contribution in [2.75, 3.05) is 0 Å². The van der Waals surface area contributed by atoms with E-state index in [1.54, 1.807) is 0 Å². The van der Waals surface area contributed by atoms with Crippen molar-refractivity contribution in [3.05, 3.63) is 24.3 Å². The third-order valence-electron chi connectivity index (χ3n) is 2.98. The van der Waals surface area contributed by atoms with Crippen molar-refractivity contribution < 1.29 is 5.48 Å². The van der Waals surface area contributed by atoms with E-state index in [2.05, 4.69) is 46.4 Å². The highest BCUT2D eigenvalue weighted by molar-refractivity contribution is 4.92. The molecule has 0 aromatic rings. The predicted molar refractivity (Wildman–Crippen MR) is 102 cm³/mol. The topological polar surface area (TPSA) is 31.5 Å². The minimum atomic E-state index is 0. The van der Waals surface area contributed by atoms with E-state index in [9.17, 15) is 0 Å². The molecule has 0 radical (unpaired) electrons. The molecular formula is C20H44O. The normalized spacial score (nSPS) is 9.05. The fourth-order valence-electron chi connectivity index (χ4n) is 1.57. The van der Waals surface area contributed by atoms with Gasteiger partial charge in [0.25, 0.3) is 0 Å². The Morgan fingerprint density at radius 2 is 1.29 bits per heavy atom. The Morgan fingerprint density at radius 3 is 1.67 bits per heavy atom. The number of unbranched alkanes of at least 4 members (excludes halogenated alkanes) is 5. The van der Waals surface area contributed by atoms with Crippen LogP contribution in [0, 0.1) is 0 Å². The molecule has 0 saturated heterocycles. The lowest BCUT2D eigenvalue weighted by Gasteiger charge is -1.99. The lowest BCUT2D eigenvalue weighted by molar-refractivity contribution is 0.728. The molecule has 0 bridgehead atoms. The summed E-state index contributed by atoms with van der Waals surface area (Å²) in [6, 6.07) is 0. The molecule has 0 aromatic heterocycles. The van der Waals surface area contributed by atoms with E-state index in [4.69, 9.17) is 0 Å². The Hall–Kier alpha value is -0.560.